The van der Waals surface area contributed by atoms with Gasteiger partial charge in [-0.25, -0.2) is 0 Å². The van der Waals surface area contributed by atoms with Gasteiger partial charge in [0.05, 0.1) is 0 Å². The molecule has 1 nitrogen and oxygen atoms in total. The molecule has 92 valence electrons. The molecule has 0 fully saturated rings. The number of hydrogen-bond donors (Lipinski definition) is 0. The van der Waals surface area contributed by atoms with Gasteiger partial charge in [0.2, 0.25) is 0 Å². The molecule has 2 rings (SSSR count). The van der Waals surface area contributed by atoms with Gasteiger partial charge < -0.3 is 0 Å². The van der Waals surface area contributed by atoms with Crippen LogP contribution in [0.2, 0.25) is 0 Å². The van der Waals surface area contributed by atoms with E-state index in [1.807, 2.05) is 0 Å². The standard InChI is InChI=1S/C14H10F3N/c15-13(16)14(17)18(11-7-3-1-4-8-11)12-9-5-2-6-10-12/h1-10H. The number of hydrogen-bond acceptors (Lipinski definition) is 1. The molecule has 2 aromatic rings. The smallest absolute Gasteiger partial charge is 0.282 e. The monoisotopic (exact) mass is 249 g/mol. The van der Waals surface area contributed by atoms with Crippen LogP contribution in [0.25, 0.3) is 0 Å². The third kappa shape index (κ3) is 2.53. The highest BCUT2D eigenvalue weighted by atomic mass is 19.3. The van der Waals surface area contributed by atoms with Crippen molar-refractivity contribution >= 4 is 11.4 Å². The Labute approximate surface area is 103 Å². The fraction of sp³-hybridized carbons (Fsp3) is 0. The van der Waals surface area contributed by atoms with Crippen LogP contribution < -0.4 is 4.90 Å². The summed E-state index contributed by atoms with van der Waals surface area (Å²) in [6.07, 6.45) is -2.34. The molecule has 0 bridgehead atoms. The Morgan fingerprint density at radius 2 is 1.06 bits per heavy atom. The largest absolute Gasteiger partial charge is 0.323 e. The Morgan fingerprint density at radius 3 is 1.39 bits per heavy atom. The van der Waals surface area contributed by atoms with Gasteiger partial charge in [0, 0.05) is 11.4 Å². The van der Waals surface area contributed by atoms with Gasteiger partial charge in [-0.3, -0.25) is 4.90 Å². The van der Waals surface area contributed by atoms with E-state index in [-0.39, 0.29) is 0 Å². The number of anilines is 2. The zero-order valence-electron chi connectivity index (χ0n) is 9.35. The van der Waals surface area contributed by atoms with Crippen molar-refractivity contribution in [3.8, 4) is 0 Å². The first-order chi connectivity index (χ1) is 8.70. The second-order valence-corrected chi connectivity index (χ2v) is 3.56. The van der Waals surface area contributed by atoms with Crippen LogP contribution in [-0.4, -0.2) is 0 Å². The Bertz CT molecular complexity index is 494. The lowest BCUT2D eigenvalue weighted by Gasteiger charge is -2.21. The minimum absolute atomic E-state index is 0.342. The maximum atomic E-state index is 13.6. The van der Waals surface area contributed by atoms with Crippen LogP contribution in [0.15, 0.2) is 72.7 Å². The maximum Gasteiger partial charge on any atom is 0.323 e. The SMILES string of the molecule is FC(F)=C(F)N(c1ccccc1)c1ccccc1. The van der Waals surface area contributed by atoms with E-state index in [2.05, 4.69) is 0 Å². The summed E-state index contributed by atoms with van der Waals surface area (Å²) in [6.45, 7) is 0. The molecule has 0 unspecified atom stereocenters. The molecule has 0 heterocycles. The molecular weight excluding hydrogens is 239 g/mol. The summed E-state index contributed by atoms with van der Waals surface area (Å²) in [6, 6.07) is 16.4. The van der Waals surface area contributed by atoms with Crippen LogP contribution >= 0.6 is 0 Å². The Balaban J connectivity index is 2.53. The van der Waals surface area contributed by atoms with Gasteiger partial charge in [0.25, 0.3) is 5.95 Å². The van der Waals surface area contributed by atoms with Gasteiger partial charge in [-0.05, 0) is 24.3 Å². The molecule has 0 saturated heterocycles. The molecule has 0 spiro atoms. The first kappa shape index (κ1) is 12.2. The normalized spacial score (nSPS) is 9.94. The summed E-state index contributed by atoms with van der Waals surface area (Å²) in [5.41, 5.74) is 0.683. The van der Waals surface area contributed by atoms with Gasteiger partial charge >= 0.3 is 6.08 Å². The topological polar surface area (TPSA) is 3.24 Å². The van der Waals surface area contributed by atoms with Crippen LogP contribution in [0.5, 0.6) is 0 Å². The number of halogens is 3. The summed E-state index contributed by atoms with van der Waals surface area (Å²) < 4.78 is 38.6. The molecule has 0 aromatic heterocycles. The summed E-state index contributed by atoms with van der Waals surface area (Å²) in [4.78, 5) is 0.870. The second kappa shape index (κ2) is 5.40. The van der Waals surface area contributed by atoms with Gasteiger partial charge in [0.1, 0.15) is 0 Å². The van der Waals surface area contributed by atoms with Crippen molar-refractivity contribution in [1.29, 1.82) is 0 Å². The molecule has 2 aromatic carbocycles. The highest BCUT2D eigenvalue weighted by molar-refractivity contribution is 5.67. The van der Waals surface area contributed by atoms with Crippen molar-refractivity contribution in [1.82, 2.24) is 0 Å². The number of para-hydroxylation sites is 2. The maximum absolute atomic E-state index is 13.6. The molecule has 0 saturated carbocycles. The second-order valence-electron chi connectivity index (χ2n) is 3.56. The van der Waals surface area contributed by atoms with E-state index < -0.39 is 12.0 Å². The minimum Gasteiger partial charge on any atom is -0.282 e. The first-order valence-corrected chi connectivity index (χ1v) is 5.31. The predicted octanol–water partition coefficient (Wildman–Crippen LogP) is 4.86. The van der Waals surface area contributed by atoms with E-state index >= 15 is 0 Å². The number of benzene rings is 2. The Hall–Kier alpha value is -2.23. The quantitative estimate of drug-likeness (QED) is 0.702. The number of nitrogens with zero attached hydrogens (tertiary/aromatic N) is 1. The predicted molar refractivity (Wildman–Crippen MR) is 65.4 cm³/mol. The van der Waals surface area contributed by atoms with Gasteiger partial charge in [0.15, 0.2) is 0 Å². The lowest BCUT2D eigenvalue weighted by Crippen LogP contribution is -2.14. The van der Waals surface area contributed by atoms with Crippen molar-refractivity contribution in [2.24, 2.45) is 0 Å². The average molecular weight is 249 g/mol. The molecule has 18 heavy (non-hydrogen) atoms. The molecule has 0 amide bonds. The zero-order valence-corrected chi connectivity index (χ0v) is 9.35. The molecule has 0 aliphatic heterocycles. The fourth-order valence-electron chi connectivity index (χ4n) is 1.61. The third-order valence-corrected chi connectivity index (χ3v) is 2.38. The molecule has 0 atom stereocenters. The van der Waals surface area contributed by atoms with E-state index in [9.17, 15) is 13.2 Å². The zero-order chi connectivity index (χ0) is 13.0. The van der Waals surface area contributed by atoms with Crippen LogP contribution in [-0.2, 0) is 0 Å². The van der Waals surface area contributed by atoms with Crippen LogP contribution in [0, 0.1) is 0 Å². The van der Waals surface area contributed by atoms with Gasteiger partial charge in [-0.1, -0.05) is 36.4 Å². The molecule has 0 aliphatic rings. The number of rotatable bonds is 3. The highest BCUT2D eigenvalue weighted by Gasteiger charge is 2.18. The average Bonchev–Trinajstić information content (AvgIpc) is 2.41. The van der Waals surface area contributed by atoms with Crippen molar-refractivity contribution in [2.45, 2.75) is 0 Å². The van der Waals surface area contributed by atoms with Gasteiger partial charge in [-0.15, -0.1) is 0 Å². The molecule has 4 heteroatoms. The van der Waals surface area contributed by atoms with Crippen LogP contribution in [0.3, 0.4) is 0 Å². The van der Waals surface area contributed by atoms with E-state index in [1.54, 1.807) is 60.7 Å². The van der Waals surface area contributed by atoms with E-state index in [4.69, 9.17) is 0 Å². The Kier molecular flexibility index (Phi) is 3.67. The first-order valence-electron chi connectivity index (χ1n) is 5.31. The highest BCUT2D eigenvalue weighted by Crippen LogP contribution is 2.31. The van der Waals surface area contributed by atoms with Gasteiger partial charge in [-0.2, -0.15) is 13.2 Å². The molecular formula is C14H10F3N. The third-order valence-electron chi connectivity index (χ3n) is 2.38. The fourth-order valence-corrected chi connectivity index (χ4v) is 1.61. The molecule has 0 N–H and O–H groups in total. The minimum atomic E-state index is -2.34. The summed E-state index contributed by atoms with van der Waals surface area (Å²) in [5, 5.41) is 0. The van der Waals surface area contributed by atoms with Crippen molar-refractivity contribution in [3.63, 3.8) is 0 Å². The summed E-state index contributed by atoms with van der Waals surface area (Å²) in [7, 11) is 0. The molecule has 0 aliphatic carbocycles. The lowest BCUT2D eigenvalue weighted by atomic mass is 10.2. The van der Waals surface area contributed by atoms with E-state index in [0.29, 0.717) is 11.4 Å². The lowest BCUT2D eigenvalue weighted by molar-refractivity contribution is 0.376. The van der Waals surface area contributed by atoms with E-state index in [1.165, 1.54) is 0 Å². The van der Waals surface area contributed by atoms with Crippen molar-refractivity contribution in [3.05, 3.63) is 72.7 Å². The van der Waals surface area contributed by atoms with Crippen LogP contribution in [0.4, 0.5) is 24.5 Å². The summed E-state index contributed by atoms with van der Waals surface area (Å²) in [5.74, 6) is -1.56. The van der Waals surface area contributed by atoms with Crippen molar-refractivity contribution < 1.29 is 13.2 Å². The summed E-state index contributed by atoms with van der Waals surface area (Å²) >= 11 is 0. The van der Waals surface area contributed by atoms with Crippen molar-refractivity contribution in [2.75, 3.05) is 4.90 Å². The van der Waals surface area contributed by atoms with Crippen LogP contribution in [0.1, 0.15) is 0 Å². The Morgan fingerprint density at radius 1 is 0.667 bits per heavy atom. The van der Waals surface area contributed by atoms with E-state index in [0.717, 1.165) is 4.90 Å². The molecule has 0 radical (unpaired) electrons.